The summed E-state index contributed by atoms with van der Waals surface area (Å²) in [5.41, 5.74) is 4.65. The summed E-state index contributed by atoms with van der Waals surface area (Å²) in [5, 5.41) is 1.93. The van der Waals surface area contributed by atoms with Crippen LogP contribution in [0.25, 0.3) is 16.8 Å². The Morgan fingerprint density at radius 1 is 0.784 bits per heavy atom. The number of hydrogen-bond donors (Lipinski definition) is 0. The number of carbonyl (C=O) groups is 2. The van der Waals surface area contributed by atoms with E-state index in [1.54, 1.807) is 6.08 Å². The van der Waals surface area contributed by atoms with Gasteiger partial charge in [0.2, 0.25) is 0 Å². The third-order valence-corrected chi connectivity index (χ3v) is 9.61. The van der Waals surface area contributed by atoms with Crippen LogP contribution in [0.3, 0.4) is 0 Å². The molecule has 2 aliphatic rings. The third kappa shape index (κ3) is 3.25. The zero-order chi connectivity index (χ0) is 25.3. The molecule has 37 heavy (non-hydrogen) atoms. The van der Waals surface area contributed by atoms with Gasteiger partial charge in [-0.05, 0) is 0 Å². The molecule has 0 radical (unpaired) electrons. The van der Waals surface area contributed by atoms with Crippen molar-refractivity contribution in [2.24, 2.45) is 0 Å². The normalized spacial score (nSPS) is 15.5. The fourth-order valence-corrected chi connectivity index (χ4v) is 7.59. The Balaban J connectivity index is 1.31. The Kier molecular flexibility index (Phi) is 4.78. The molecule has 2 aromatic heterocycles. The van der Waals surface area contributed by atoms with Gasteiger partial charge in [0.1, 0.15) is 0 Å². The van der Waals surface area contributed by atoms with Crippen LogP contribution in [0, 0.1) is 0 Å². The molecular formula is C32H22N2O2Se. The van der Waals surface area contributed by atoms with E-state index in [1.807, 2.05) is 54.7 Å². The molecule has 0 fully saturated rings. The summed E-state index contributed by atoms with van der Waals surface area (Å²) < 4.78 is 2.12. The van der Waals surface area contributed by atoms with Crippen LogP contribution < -0.4 is 4.90 Å². The van der Waals surface area contributed by atoms with Crippen LogP contribution in [0.2, 0.25) is 0 Å². The van der Waals surface area contributed by atoms with Gasteiger partial charge in [-0.2, -0.15) is 0 Å². The average Bonchev–Trinajstić information content (AvgIpc) is 3.46. The van der Waals surface area contributed by atoms with Crippen molar-refractivity contribution in [3.63, 3.8) is 0 Å². The maximum absolute atomic E-state index is 13.3. The number of carbonyl (C=O) groups excluding carboxylic acids is 2. The summed E-state index contributed by atoms with van der Waals surface area (Å²) >= 11 is -0.101. The van der Waals surface area contributed by atoms with E-state index < -0.39 is 0 Å². The van der Waals surface area contributed by atoms with Crippen molar-refractivity contribution in [2.75, 3.05) is 4.90 Å². The van der Waals surface area contributed by atoms with E-state index in [0.717, 1.165) is 31.3 Å². The number of rotatable bonds is 2. The zero-order valence-electron chi connectivity index (χ0n) is 20.4. The van der Waals surface area contributed by atoms with Crippen LogP contribution in [-0.2, 0) is 5.41 Å². The molecule has 0 atom stereocenters. The van der Waals surface area contributed by atoms with Crippen LogP contribution in [0.5, 0.6) is 0 Å². The summed E-state index contributed by atoms with van der Waals surface area (Å²) in [7, 11) is 0. The van der Waals surface area contributed by atoms with Gasteiger partial charge in [0, 0.05) is 0 Å². The van der Waals surface area contributed by atoms with E-state index in [9.17, 15) is 9.59 Å². The number of nitrogens with zero attached hydrogens (tertiary/aromatic N) is 2. The number of allylic oxidation sites excluding steroid dienone is 1. The van der Waals surface area contributed by atoms with Crippen LogP contribution in [0.1, 0.15) is 50.1 Å². The zero-order valence-corrected chi connectivity index (χ0v) is 22.1. The summed E-state index contributed by atoms with van der Waals surface area (Å²) in [4.78, 5) is 33.6. The Morgan fingerprint density at radius 2 is 1.43 bits per heavy atom. The second-order valence-electron chi connectivity index (χ2n) is 9.99. The van der Waals surface area contributed by atoms with Gasteiger partial charge in [0.05, 0.1) is 0 Å². The van der Waals surface area contributed by atoms with Crippen molar-refractivity contribution in [1.29, 1.82) is 0 Å². The summed E-state index contributed by atoms with van der Waals surface area (Å²) in [6.07, 6.45) is 3.64. The second kappa shape index (κ2) is 7.97. The molecule has 0 spiro atoms. The number of para-hydroxylation sites is 1. The number of aromatic nitrogens is 1. The molecule has 4 nitrogen and oxygen atoms in total. The van der Waals surface area contributed by atoms with Gasteiger partial charge in [-0.1, -0.05) is 0 Å². The van der Waals surface area contributed by atoms with Gasteiger partial charge in [0.25, 0.3) is 0 Å². The minimum absolute atomic E-state index is 0.101. The van der Waals surface area contributed by atoms with E-state index in [-0.39, 0.29) is 37.1 Å². The van der Waals surface area contributed by atoms with E-state index in [4.69, 9.17) is 4.98 Å². The van der Waals surface area contributed by atoms with Crippen LogP contribution in [-0.4, -0.2) is 31.1 Å². The molecule has 0 N–H and O–H groups in total. The summed E-state index contributed by atoms with van der Waals surface area (Å²) in [6.45, 7) is 4.48. The summed E-state index contributed by atoms with van der Waals surface area (Å²) in [5.74, 6) is 0.565. The Hall–Kier alpha value is -4.05. The Bertz CT molecular complexity index is 1700. The predicted octanol–water partition coefficient (Wildman–Crippen LogP) is 6.86. The standard InChI is InChI=1S/C32H22N2O2Se/c1-32(2)25-10-5-6-12-27(25)34(31-26(32)11-7-15-33-31)28-14-13-21(37-28)18-24-29(35)22-16-19-8-3-4-9-20(19)17-23(22)30(24)36/h3-18H,1-2H3. The fourth-order valence-electron chi connectivity index (χ4n) is 5.57. The molecule has 0 bridgehead atoms. The molecule has 3 heterocycles. The maximum atomic E-state index is 13.3. The van der Waals surface area contributed by atoms with Crippen molar-refractivity contribution in [2.45, 2.75) is 19.3 Å². The predicted molar refractivity (Wildman–Crippen MR) is 149 cm³/mol. The topological polar surface area (TPSA) is 50.3 Å². The van der Waals surface area contributed by atoms with Crippen molar-refractivity contribution < 1.29 is 9.59 Å². The van der Waals surface area contributed by atoms with Crippen LogP contribution in [0.4, 0.5) is 16.1 Å². The third-order valence-electron chi connectivity index (χ3n) is 7.47. The number of Topliss-reactive ketones (excluding diaryl/α,β-unsaturated/α-hetero) is 2. The van der Waals surface area contributed by atoms with Crippen molar-refractivity contribution in [1.82, 2.24) is 4.98 Å². The second-order valence-corrected chi connectivity index (χ2v) is 12.3. The van der Waals surface area contributed by atoms with Crippen molar-refractivity contribution in [3.8, 4) is 0 Å². The number of fused-ring (bicyclic) bond motifs is 4. The first-order valence-electron chi connectivity index (χ1n) is 12.2. The number of benzene rings is 3. The molecular weight excluding hydrogens is 523 g/mol. The molecule has 1 aliphatic carbocycles. The first-order valence-corrected chi connectivity index (χ1v) is 13.9. The number of anilines is 3. The van der Waals surface area contributed by atoms with Gasteiger partial charge in [0.15, 0.2) is 0 Å². The molecule has 1 aliphatic heterocycles. The van der Waals surface area contributed by atoms with Gasteiger partial charge in [-0.15, -0.1) is 0 Å². The first kappa shape index (κ1) is 22.2. The quantitative estimate of drug-likeness (QED) is 0.138. The number of ketones is 2. The fraction of sp³-hybridized carbons (Fsp3) is 0.0938. The van der Waals surface area contributed by atoms with E-state index in [0.29, 0.717) is 11.1 Å². The Labute approximate surface area is 220 Å². The van der Waals surface area contributed by atoms with Gasteiger partial charge in [-0.25, -0.2) is 0 Å². The molecule has 0 amide bonds. The molecule has 5 heteroatoms. The average molecular weight is 546 g/mol. The number of pyridine rings is 1. The first-order chi connectivity index (χ1) is 17.9. The van der Waals surface area contributed by atoms with Crippen LogP contribution in [0.15, 0.2) is 96.7 Å². The molecule has 7 rings (SSSR count). The molecule has 5 aromatic rings. The molecule has 0 saturated carbocycles. The SMILES string of the molecule is CC1(C)c2ccccc2N(c2ccc(C=C3C(=O)c4cc5ccccc5cc4C3=O)[se]2)c2ncccc21. The van der Waals surface area contributed by atoms with E-state index in [2.05, 4.69) is 55.1 Å². The Morgan fingerprint density at radius 3 is 2.16 bits per heavy atom. The molecule has 178 valence electrons. The minimum atomic E-state index is -0.187. The summed E-state index contributed by atoms with van der Waals surface area (Å²) in [6, 6.07) is 28.3. The van der Waals surface area contributed by atoms with Crippen LogP contribution >= 0.6 is 0 Å². The van der Waals surface area contributed by atoms with Gasteiger partial charge in [-0.3, -0.25) is 0 Å². The monoisotopic (exact) mass is 546 g/mol. The molecule has 0 saturated heterocycles. The van der Waals surface area contributed by atoms with Crippen molar-refractivity contribution in [3.05, 3.63) is 123 Å². The van der Waals surface area contributed by atoms with E-state index in [1.165, 1.54) is 11.1 Å². The molecule has 0 unspecified atom stereocenters. The van der Waals surface area contributed by atoms with E-state index >= 15 is 0 Å². The van der Waals surface area contributed by atoms with Crippen molar-refractivity contribution >= 4 is 59.0 Å². The van der Waals surface area contributed by atoms with Gasteiger partial charge < -0.3 is 0 Å². The molecule has 3 aromatic carbocycles. The number of hydrogen-bond acceptors (Lipinski definition) is 4. The van der Waals surface area contributed by atoms with Gasteiger partial charge >= 0.3 is 221 Å².